The van der Waals surface area contributed by atoms with Gasteiger partial charge in [-0.1, -0.05) is 12.1 Å². The van der Waals surface area contributed by atoms with E-state index in [2.05, 4.69) is 10.3 Å². The predicted octanol–water partition coefficient (Wildman–Crippen LogP) is 2.17. The lowest BCUT2D eigenvalue weighted by Crippen LogP contribution is -2.34. The van der Waals surface area contributed by atoms with Gasteiger partial charge in [-0.3, -0.25) is 29.1 Å². The summed E-state index contributed by atoms with van der Waals surface area (Å²) < 4.78 is 11.7. The molecular weight excluding hydrogens is 426 g/mol. The van der Waals surface area contributed by atoms with Crippen molar-refractivity contribution in [3.63, 3.8) is 0 Å². The Morgan fingerprint density at radius 1 is 1.09 bits per heavy atom. The molecule has 3 aromatic rings. The number of methoxy groups -OCH3 is 1. The molecule has 2 amide bonds. The molecule has 1 fully saturated rings. The molecule has 1 heterocycles. The second kappa shape index (κ2) is 9.64. The van der Waals surface area contributed by atoms with Gasteiger partial charge in [0.15, 0.2) is 6.61 Å². The number of imide groups is 1. The maximum atomic E-state index is 12.9. The van der Waals surface area contributed by atoms with Gasteiger partial charge in [-0.15, -0.1) is 0 Å². The lowest BCUT2D eigenvalue weighted by molar-refractivity contribution is -0.148. The van der Waals surface area contributed by atoms with Gasteiger partial charge in [-0.05, 0) is 49.2 Å². The van der Waals surface area contributed by atoms with Gasteiger partial charge in [0.05, 0.1) is 24.4 Å². The van der Waals surface area contributed by atoms with Crippen LogP contribution in [0.25, 0.3) is 10.9 Å². The molecule has 2 aromatic carbocycles. The molecule has 0 saturated heterocycles. The van der Waals surface area contributed by atoms with Crippen molar-refractivity contribution in [3.8, 4) is 5.75 Å². The van der Waals surface area contributed by atoms with Crippen LogP contribution in [0.1, 0.15) is 41.5 Å². The topological polar surface area (TPSA) is 117 Å². The van der Waals surface area contributed by atoms with Crippen molar-refractivity contribution in [2.75, 3.05) is 13.7 Å². The highest BCUT2D eigenvalue weighted by Crippen LogP contribution is 2.34. The van der Waals surface area contributed by atoms with Crippen LogP contribution in [0, 0.1) is 0 Å². The molecule has 0 unspecified atom stereocenters. The lowest BCUT2D eigenvalue weighted by atomic mass is 10.2. The number of para-hydroxylation sites is 1. The Hall–Kier alpha value is -4.01. The third kappa shape index (κ3) is 5.25. The molecule has 0 spiro atoms. The first-order chi connectivity index (χ1) is 16.0. The molecule has 4 rings (SSSR count). The average molecular weight is 449 g/mol. The first kappa shape index (κ1) is 22.2. The largest absolute Gasteiger partial charge is 0.497 e. The lowest BCUT2D eigenvalue weighted by Gasteiger charge is -2.12. The van der Waals surface area contributed by atoms with Crippen molar-refractivity contribution in [3.05, 3.63) is 70.3 Å². The van der Waals surface area contributed by atoms with Gasteiger partial charge >= 0.3 is 5.97 Å². The number of hydrogen-bond donors (Lipinski definition) is 1. The Bertz CT molecular complexity index is 1260. The van der Waals surface area contributed by atoms with E-state index in [9.17, 15) is 19.2 Å². The number of nitrogens with zero attached hydrogens (tertiary/aromatic N) is 2. The van der Waals surface area contributed by atoms with Crippen LogP contribution in [-0.2, 0) is 20.7 Å². The van der Waals surface area contributed by atoms with Crippen LogP contribution >= 0.6 is 0 Å². The molecule has 0 aliphatic heterocycles. The van der Waals surface area contributed by atoms with E-state index in [1.165, 1.54) is 19.2 Å². The average Bonchev–Trinajstić information content (AvgIpc) is 3.66. The molecule has 1 aliphatic carbocycles. The van der Waals surface area contributed by atoms with Crippen LogP contribution in [0.3, 0.4) is 0 Å². The van der Waals surface area contributed by atoms with Crippen molar-refractivity contribution >= 4 is 28.7 Å². The number of esters is 1. The number of ether oxygens (including phenoxy) is 2. The number of fused-ring (bicyclic) bond motifs is 1. The molecule has 33 heavy (non-hydrogen) atoms. The first-order valence-corrected chi connectivity index (χ1v) is 10.6. The summed E-state index contributed by atoms with van der Waals surface area (Å²) in [6, 6.07) is 13.4. The number of carbonyl (C=O) groups excluding carboxylic acids is 3. The molecular formula is C24H23N3O6. The standard InChI is InChI=1S/C24H23N3O6/c1-32-17-10-6-15(7-11-17)23(30)26-21(28)14-33-22(29)13-12-20-25-19-5-3-2-4-18(19)24(31)27(20)16-8-9-16/h2-7,10-11,16H,8-9,12-14H2,1H3,(H,26,28,30). The molecule has 9 nitrogen and oxygen atoms in total. The number of aromatic nitrogens is 2. The SMILES string of the molecule is COc1ccc(C(=O)NC(=O)COC(=O)CCc2nc3ccccc3c(=O)n2C2CC2)cc1. The molecule has 1 saturated carbocycles. The highest BCUT2D eigenvalue weighted by molar-refractivity contribution is 6.05. The normalized spacial score (nSPS) is 12.9. The minimum Gasteiger partial charge on any atom is -0.497 e. The number of carbonyl (C=O) groups is 3. The van der Waals surface area contributed by atoms with Crippen molar-refractivity contribution in [2.45, 2.75) is 31.7 Å². The highest BCUT2D eigenvalue weighted by Gasteiger charge is 2.28. The molecule has 0 bridgehead atoms. The fourth-order valence-electron chi connectivity index (χ4n) is 3.49. The molecule has 1 aromatic heterocycles. The zero-order valence-corrected chi connectivity index (χ0v) is 18.1. The van der Waals surface area contributed by atoms with Crippen LogP contribution in [0.15, 0.2) is 53.3 Å². The fraction of sp³-hybridized carbons (Fsp3) is 0.292. The minimum absolute atomic E-state index is 0.0444. The van der Waals surface area contributed by atoms with Crippen molar-refractivity contribution in [1.29, 1.82) is 0 Å². The van der Waals surface area contributed by atoms with Crippen LogP contribution in [0.4, 0.5) is 0 Å². The number of nitrogens with one attached hydrogen (secondary N) is 1. The zero-order chi connectivity index (χ0) is 23.4. The van der Waals surface area contributed by atoms with Gasteiger partial charge in [-0.2, -0.15) is 0 Å². The third-order valence-corrected chi connectivity index (χ3v) is 5.32. The minimum atomic E-state index is -0.733. The van der Waals surface area contributed by atoms with Crippen LogP contribution < -0.4 is 15.6 Å². The van der Waals surface area contributed by atoms with E-state index >= 15 is 0 Å². The molecule has 0 atom stereocenters. The second-order valence-corrected chi connectivity index (χ2v) is 7.72. The summed E-state index contributed by atoms with van der Waals surface area (Å²) >= 11 is 0. The molecule has 9 heteroatoms. The highest BCUT2D eigenvalue weighted by atomic mass is 16.5. The Kier molecular flexibility index (Phi) is 6.48. The number of benzene rings is 2. The zero-order valence-electron chi connectivity index (χ0n) is 18.1. The van der Waals surface area contributed by atoms with Crippen molar-refractivity contribution in [2.24, 2.45) is 0 Å². The van der Waals surface area contributed by atoms with E-state index in [4.69, 9.17) is 9.47 Å². The first-order valence-electron chi connectivity index (χ1n) is 10.6. The van der Waals surface area contributed by atoms with Crippen molar-refractivity contribution in [1.82, 2.24) is 14.9 Å². The van der Waals surface area contributed by atoms with Gasteiger partial charge in [0.2, 0.25) is 0 Å². The van der Waals surface area contributed by atoms with Gasteiger partial charge in [0.1, 0.15) is 11.6 Å². The van der Waals surface area contributed by atoms with E-state index in [-0.39, 0.29) is 30.0 Å². The van der Waals surface area contributed by atoms with Gasteiger partial charge in [0.25, 0.3) is 17.4 Å². The second-order valence-electron chi connectivity index (χ2n) is 7.72. The van der Waals surface area contributed by atoms with Crippen molar-refractivity contribution < 1.29 is 23.9 Å². The molecule has 1 N–H and O–H groups in total. The summed E-state index contributed by atoms with van der Waals surface area (Å²) in [6.07, 6.45) is 1.97. The summed E-state index contributed by atoms with van der Waals surface area (Å²) in [5.41, 5.74) is 0.748. The van der Waals surface area contributed by atoms with Gasteiger partial charge in [0, 0.05) is 18.0 Å². The summed E-state index contributed by atoms with van der Waals surface area (Å²) in [4.78, 5) is 53.7. The van der Waals surface area contributed by atoms with E-state index in [0.717, 1.165) is 12.8 Å². The van der Waals surface area contributed by atoms with Gasteiger partial charge < -0.3 is 9.47 Å². The quantitative estimate of drug-likeness (QED) is 0.524. The Labute approximate surface area is 189 Å². The molecule has 1 aliphatic rings. The maximum absolute atomic E-state index is 12.9. The van der Waals surface area contributed by atoms with Crippen LogP contribution in [0.5, 0.6) is 5.75 Å². The van der Waals surface area contributed by atoms with E-state index in [1.54, 1.807) is 41.0 Å². The number of rotatable bonds is 8. The summed E-state index contributed by atoms with van der Waals surface area (Å²) in [6.45, 7) is -0.582. The Morgan fingerprint density at radius 3 is 2.52 bits per heavy atom. The third-order valence-electron chi connectivity index (χ3n) is 5.32. The smallest absolute Gasteiger partial charge is 0.306 e. The Balaban J connectivity index is 1.32. The predicted molar refractivity (Wildman–Crippen MR) is 119 cm³/mol. The summed E-state index contributed by atoms with van der Waals surface area (Å²) in [5, 5.41) is 2.72. The van der Waals surface area contributed by atoms with E-state index in [0.29, 0.717) is 22.5 Å². The van der Waals surface area contributed by atoms with Gasteiger partial charge in [-0.25, -0.2) is 4.98 Å². The van der Waals surface area contributed by atoms with Crippen LogP contribution in [-0.4, -0.2) is 41.1 Å². The summed E-state index contributed by atoms with van der Waals surface area (Å²) in [7, 11) is 1.51. The van der Waals surface area contributed by atoms with Crippen LogP contribution in [0.2, 0.25) is 0 Å². The van der Waals surface area contributed by atoms with E-state index in [1.807, 2.05) is 0 Å². The monoisotopic (exact) mass is 449 g/mol. The number of amides is 2. The molecule has 0 radical (unpaired) electrons. The Morgan fingerprint density at radius 2 is 1.82 bits per heavy atom. The maximum Gasteiger partial charge on any atom is 0.306 e. The summed E-state index contributed by atoms with van der Waals surface area (Å²) in [5.74, 6) is -0.848. The number of hydrogen-bond acceptors (Lipinski definition) is 7. The molecule has 170 valence electrons. The van der Waals surface area contributed by atoms with E-state index < -0.39 is 24.4 Å². The number of aryl methyl sites for hydroxylation is 1. The fourth-order valence-corrected chi connectivity index (χ4v) is 3.49.